The molecule has 2 aliphatic rings. The van der Waals surface area contributed by atoms with Crippen molar-refractivity contribution in [2.75, 3.05) is 19.8 Å². The normalized spacial score (nSPS) is 23.3. The summed E-state index contributed by atoms with van der Waals surface area (Å²) < 4.78 is 22.9. The van der Waals surface area contributed by atoms with Crippen LogP contribution in [0.25, 0.3) is 0 Å². The number of rotatable bonds is 60. The monoisotopic (exact) mass is 1290 g/mol. The highest BCUT2D eigenvalue weighted by Gasteiger charge is 2.51. The van der Waals surface area contributed by atoms with Crippen LogP contribution in [0.4, 0.5) is 0 Å². The zero-order valence-corrected chi connectivity index (χ0v) is 57.8. The minimum absolute atomic E-state index is 0.211. The van der Waals surface area contributed by atoms with Gasteiger partial charge in [0.15, 0.2) is 12.6 Å². The third-order valence-corrected chi connectivity index (χ3v) is 17.5. The Balaban J connectivity index is 1.62. The van der Waals surface area contributed by atoms with E-state index in [9.17, 15) is 45.6 Å². The maximum Gasteiger partial charge on any atom is 0.220 e. The van der Waals surface area contributed by atoms with E-state index in [-0.39, 0.29) is 12.5 Å². The molecule has 2 rings (SSSR count). The first kappa shape index (κ1) is 84.7. The van der Waals surface area contributed by atoms with E-state index in [1.165, 1.54) is 141 Å². The Hall–Kier alpha value is -3.35. The molecule has 0 radical (unpaired) electrons. The molecule has 0 spiro atoms. The van der Waals surface area contributed by atoms with Gasteiger partial charge in [-0.15, -0.1) is 0 Å². The number of hydrogen-bond acceptors (Lipinski definition) is 13. The molecule has 14 nitrogen and oxygen atoms in total. The van der Waals surface area contributed by atoms with E-state index in [4.69, 9.17) is 18.9 Å². The minimum Gasteiger partial charge on any atom is -0.394 e. The van der Waals surface area contributed by atoms with Crippen molar-refractivity contribution in [1.29, 1.82) is 0 Å². The van der Waals surface area contributed by atoms with E-state index in [0.717, 1.165) is 109 Å². The third kappa shape index (κ3) is 44.4. The Morgan fingerprint density at radius 1 is 0.402 bits per heavy atom. The summed E-state index contributed by atoms with van der Waals surface area (Å²) in [5.41, 5.74) is 0. The molecule has 0 aliphatic carbocycles. The molecular formula is C78H135NO13. The highest BCUT2D eigenvalue weighted by Crippen LogP contribution is 2.30. The Kier molecular flexibility index (Phi) is 56.4. The van der Waals surface area contributed by atoms with Crippen molar-refractivity contribution in [1.82, 2.24) is 5.32 Å². The second kappa shape index (κ2) is 61.3. The van der Waals surface area contributed by atoms with Crippen LogP contribution >= 0.6 is 0 Å². The van der Waals surface area contributed by atoms with Crippen LogP contribution in [0.1, 0.15) is 284 Å². The molecule has 0 aromatic rings. The van der Waals surface area contributed by atoms with Crippen LogP contribution in [-0.4, -0.2) is 140 Å². The van der Waals surface area contributed by atoms with Gasteiger partial charge in [-0.1, -0.05) is 303 Å². The molecule has 12 atom stereocenters. The molecule has 530 valence electrons. The number of unbranched alkanes of at least 4 members (excludes halogenated alkanes) is 29. The lowest BCUT2D eigenvalue weighted by Crippen LogP contribution is -2.65. The van der Waals surface area contributed by atoms with Gasteiger partial charge in [0.25, 0.3) is 0 Å². The first-order valence-electron chi connectivity index (χ1n) is 37.1. The van der Waals surface area contributed by atoms with Gasteiger partial charge >= 0.3 is 0 Å². The van der Waals surface area contributed by atoms with Crippen LogP contribution in [0, 0.1) is 0 Å². The fraction of sp³-hybridized carbons (Fsp3) is 0.756. The summed E-state index contributed by atoms with van der Waals surface area (Å²) in [5.74, 6) is -0.211. The third-order valence-electron chi connectivity index (χ3n) is 17.5. The molecule has 12 unspecified atom stereocenters. The standard InChI is InChI=1S/C78H135NO13/c1-3-5-7-9-11-13-15-17-19-21-23-24-25-26-27-28-29-30-31-32-33-34-35-36-37-38-39-40-41-42-44-46-48-50-52-54-56-58-60-62-70(83)79-66(67(82)61-59-57-55-53-51-49-47-45-43-22-20-18-16-14-12-10-8-6-4-2)65-89-77-75(88)73(86)76(69(64-81)91-77)92-78-74(87)72(85)71(84)68(63-80)90-78/h5,7,11,13,17,19,23-24,26-27,29-30,32-33,35-36,38-39,66-69,71-78,80-82,84-88H,3-4,6,8-10,12,14-16,18,20-22,25,28,31,34,37,40-65H2,1-2H3,(H,79,83)/b7-5-,13-11-,19-17-,24-23-,27-26-,30-29-,33-32-,36-35-,39-38-. The van der Waals surface area contributed by atoms with Crippen LogP contribution in [0.15, 0.2) is 109 Å². The number of carbonyl (C=O) groups excluding carboxylic acids is 1. The lowest BCUT2D eigenvalue weighted by atomic mass is 9.97. The largest absolute Gasteiger partial charge is 0.394 e. The molecule has 14 heteroatoms. The van der Waals surface area contributed by atoms with Crippen LogP contribution in [-0.2, 0) is 23.7 Å². The SMILES string of the molecule is CC/C=C\C/C=C\C/C=C\C/C=C\C/C=C\C/C=C\C/C=C\C/C=C\C/C=C\CCCCCCCCCCCCCC(=O)NC(COC1OC(CO)C(OC2OC(CO)C(O)C(O)C2O)C(O)C1O)C(O)CCCCCCCCCCCCCCCCCCCCC. The van der Waals surface area contributed by atoms with Crippen molar-refractivity contribution >= 4 is 5.91 Å². The van der Waals surface area contributed by atoms with Gasteiger partial charge < -0.3 is 65.1 Å². The van der Waals surface area contributed by atoms with Crippen LogP contribution in [0.5, 0.6) is 0 Å². The van der Waals surface area contributed by atoms with E-state index in [1.807, 2.05) is 0 Å². The second-order valence-corrected chi connectivity index (χ2v) is 25.7. The van der Waals surface area contributed by atoms with Crippen LogP contribution in [0.3, 0.4) is 0 Å². The summed E-state index contributed by atoms with van der Waals surface area (Å²) in [6, 6.07) is -0.838. The van der Waals surface area contributed by atoms with E-state index in [2.05, 4.69) is 129 Å². The van der Waals surface area contributed by atoms with E-state index >= 15 is 0 Å². The van der Waals surface area contributed by atoms with Gasteiger partial charge in [-0.05, 0) is 83.5 Å². The molecular weight excluding hydrogens is 1160 g/mol. The molecule has 2 saturated heterocycles. The number of nitrogens with one attached hydrogen (secondary N) is 1. The van der Waals surface area contributed by atoms with E-state index < -0.39 is 86.8 Å². The molecule has 0 aromatic heterocycles. The van der Waals surface area contributed by atoms with Crippen LogP contribution < -0.4 is 5.32 Å². The number of carbonyl (C=O) groups is 1. The maximum atomic E-state index is 13.4. The van der Waals surface area contributed by atoms with Crippen LogP contribution in [0.2, 0.25) is 0 Å². The summed E-state index contributed by atoms with van der Waals surface area (Å²) in [7, 11) is 0. The van der Waals surface area contributed by atoms with Crippen molar-refractivity contribution in [2.24, 2.45) is 0 Å². The quantitative estimate of drug-likeness (QED) is 0.0204. The zero-order chi connectivity index (χ0) is 66.6. The average Bonchev–Trinajstić information content (AvgIpc) is 1.05. The number of amides is 1. The first-order chi connectivity index (χ1) is 45.1. The predicted octanol–water partition coefficient (Wildman–Crippen LogP) is 15.9. The van der Waals surface area contributed by atoms with Gasteiger partial charge in [-0.25, -0.2) is 0 Å². The summed E-state index contributed by atoms with van der Waals surface area (Å²) in [6.45, 7) is 2.77. The van der Waals surface area contributed by atoms with Crippen molar-refractivity contribution in [3.8, 4) is 0 Å². The minimum atomic E-state index is -1.79. The molecule has 92 heavy (non-hydrogen) atoms. The van der Waals surface area contributed by atoms with Crippen molar-refractivity contribution in [3.05, 3.63) is 109 Å². The van der Waals surface area contributed by atoms with Crippen molar-refractivity contribution in [2.45, 2.75) is 357 Å². The maximum absolute atomic E-state index is 13.4. The summed E-state index contributed by atoms with van der Waals surface area (Å²) >= 11 is 0. The first-order valence-corrected chi connectivity index (χ1v) is 37.1. The lowest BCUT2D eigenvalue weighted by molar-refractivity contribution is -0.359. The number of aliphatic hydroxyl groups is 8. The highest BCUT2D eigenvalue weighted by atomic mass is 16.7. The smallest absolute Gasteiger partial charge is 0.220 e. The highest BCUT2D eigenvalue weighted by molar-refractivity contribution is 5.76. The summed E-state index contributed by atoms with van der Waals surface area (Å²) in [6.07, 6.45) is 71.0. The molecule has 2 heterocycles. The molecule has 0 saturated carbocycles. The van der Waals surface area contributed by atoms with Gasteiger partial charge in [-0.3, -0.25) is 4.79 Å². The fourth-order valence-electron chi connectivity index (χ4n) is 11.6. The number of hydrogen-bond donors (Lipinski definition) is 9. The Morgan fingerprint density at radius 2 is 0.750 bits per heavy atom. The van der Waals surface area contributed by atoms with Gasteiger partial charge in [0.2, 0.25) is 5.91 Å². The van der Waals surface area contributed by atoms with Gasteiger partial charge in [0, 0.05) is 6.42 Å². The topological polar surface area (TPSA) is 228 Å². The van der Waals surface area contributed by atoms with Gasteiger partial charge in [0.05, 0.1) is 32.0 Å². The fourth-order valence-corrected chi connectivity index (χ4v) is 11.6. The lowest BCUT2D eigenvalue weighted by Gasteiger charge is -2.46. The number of ether oxygens (including phenoxy) is 4. The summed E-state index contributed by atoms with van der Waals surface area (Å²) in [4.78, 5) is 13.4. The molecule has 1 amide bonds. The van der Waals surface area contributed by atoms with E-state index in [1.54, 1.807) is 0 Å². The molecule has 0 bridgehead atoms. The predicted molar refractivity (Wildman–Crippen MR) is 378 cm³/mol. The average molecular weight is 1290 g/mol. The Morgan fingerprint density at radius 3 is 1.15 bits per heavy atom. The number of aliphatic hydroxyl groups excluding tert-OH is 8. The van der Waals surface area contributed by atoms with Crippen molar-refractivity contribution < 1.29 is 64.6 Å². The van der Waals surface area contributed by atoms with Crippen molar-refractivity contribution in [3.63, 3.8) is 0 Å². The Bertz CT molecular complexity index is 1960. The molecule has 0 aromatic carbocycles. The molecule has 2 fully saturated rings. The second-order valence-electron chi connectivity index (χ2n) is 25.7. The molecule has 9 N–H and O–H groups in total. The van der Waals surface area contributed by atoms with Gasteiger partial charge in [0.1, 0.15) is 48.8 Å². The molecule has 2 aliphatic heterocycles. The number of allylic oxidation sites excluding steroid dienone is 18. The van der Waals surface area contributed by atoms with E-state index in [0.29, 0.717) is 19.3 Å². The zero-order valence-electron chi connectivity index (χ0n) is 57.8. The van der Waals surface area contributed by atoms with Gasteiger partial charge in [-0.2, -0.15) is 0 Å². The summed E-state index contributed by atoms with van der Waals surface area (Å²) in [5, 5.41) is 87.7. The Labute approximate surface area is 559 Å².